The lowest BCUT2D eigenvalue weighted by molar-refractivity contribution is -0.120. The molecule has 0 spiro atoms. The molecule has 0 aliphatic carbocycles. The van der Waals surface area contributed by atoms with Crippen molar-refractivity contribution in [2.24, 2.45) is 0 Å². The maximum absolute atomic E-state index is 13.5. The molecule has 0 saturated heterocycles. The predicted molar refractivity (Wildman–Crippen MR) is 129 cm³/mol. The van der Waals surface area contributed by atoms with Gasteiger partial charge in [0.25, 0.3) is 10.0 Å². The smallest absolute Gasteiger partial charge is 0.264 e. The van der Waals surface area contributed by atoms with Crippen LogP contribution < -0.4 is 9.62 Å². The van der Waals surface area contributed by atoms with Gasteiger partial charge in [0, 0.05) is 0 Å². The number of anilines is 1. The Morgan fingerprint density at radius 1 is 0.844 bits per heavy atom. The molecule has 3 rings (SSSR count). The number of benzene rings is 3. The number of sulfonamides is 1. The average Bonchev–Trinajstić information content (AvgIpc) is 2.74. The van der Waals surface area contributed by atoms with E-state index in [1.807, 2.05) is 65.0 Å². The third-order valence-corrected chi connectivity index (χ3v) is 7.42. The first-order valence-corrected chi connectivity index (χ1v) is 12.0. The summed E-state index contributed by atoms with van der Waals surface area (Å²) >= 11 is 0. The van der Waals surface area contributed by atoms with E-state index in [-0.39, 0.29) is 23.4 Å². The van der Waals surface area contributed by atoms with E-state index in [1.165, 1.54) is 4.31 Å². The van der Waals surface area contributed by atoms with Crippen LogP contribution in [0.5, 0.6) is 0 Å². The highest BCUT2D eigenvalue weighted by Crippen LogP contribution is 2.26. The maximum atomic E-state index is 13.5. The summed E-state index contributed by atoms with van der Waals surface area (Å²) in [5.74, 6) is -0.369. The van der Waals surface area contributed by atoms with Gasteiger partial charge in [0.1, 0.15) is 6.54 Å². The molecule has 0 fully saturated rings. The summed E-state index contributed by atoms with van der Waals surface area (Å²) in [6, 6.07) is 19.7. The van der Waals surface area contributed by atoms with Gasteiger partial charge in [0.05, 0.1) is 16.6 Å². The molecule has 1 atom stereocenters. The van der Waals surface area contributed by atoms with E-state index in [2.05, 4.69) is 5.32 Å². The molecule has 1 amide bonds. The van der Waals surface area contributed by atoms with E-state index in [0.717, 1.165) is 27.8 Å². The molecule has 1 N–H and O–H groups in total. The first-order valence-electron chi connectivity index (χ1n) is 10.6. The fourth-order valence-electron chi connectivity index (χ4n) is 3.39. The topological polar surface area (TPSA) is 66.5 Å². The van der Waals surface area contributed by atoms with Crippen LogP contribution in [0.2, 0.25) is 0 Å². The molecule has 0 radical (unpaired) electrons. The molecule has 3 aromatic rings. The fourth-order valence-corrected chi connectivity index (χ4v) is 4.80. The quantitative estimate of drug-likeness (QED) is 0.551. The molecule has 0 heterocycles. The summed E-state index contributed by atoms with van der Waals surface area (Å²) < 4.78 is 28.2. The van der Waals surface area contributed by atoms with Crippen LogP contribution in [0.3, 0.4) is 0 Å². The molecule has 0 saturated carbocycles. The largest absolute Gasteiger partial charge is 0.348 e. The number of nitrogens with one attached hydrogen (secondary N) is 1. The minimum Gasteiger partial charge on any atom is -0.348 e. The highest BCUT2D eigenvalue weighted by Gasteiger charge is 2.28. The van der Waals surface area contributed by atoms with E-state index in [1.54, 1.807) is 36.4 Å². The van der Waals surface area contributed by atoms with Crippen molar-refractivity contribution in [3.8, 4) is 0 Å². The molecule has 1 unspecified atom stereocenters. The number of hydrogen-bond acceptors (Lipinski definition) is 3. The Bertz CT molecular complexity index is 1200. The third-order valence-electron chi connectivity index (χ3n) is 5.63. The molecule has 0 bridgehead atoms. The Morgan fingerprint density at radius 3 is 1.97 bits per heavy atom. The number of nitrogens with zero attached hydrogens (tertiary/aromatic N) is 1. The number of rotatable bonds is 7. The van der Waals surface area contributed by atoms with Crippen LogP contribution in [0, 0.1) is 27.7 Å². The number of carbonyl (C=O) groups excluding carboxylic acids is 1. The Balaban J connectivity index is 1.91. The lowest BCUT2D eigenvalue weighted by Gasteiger charge is -2.26. The summed E-state index contributed by atoms with van der Waals surface area (Å²) in [6.45, 7) is 9.37. The lowest BCUT2D eigenvalue weighted by atomic mass is 10.1. The summed E-state index contributed by atoms with van der Waals surface area (Å²) in [4.78, 5) is 13.1. The van der Waals surface area contributed by atoms with Gasteiger partial charge in [-0.2, -0.15) is 0 Å². The zero-order valence-electron chi connectivity index (χ0n) is 19.2. The second kappa shape index (κ2) is 9.57. The number of amides is 1. The van der Waals surface area contributed by atoms with Crippen molar-refractivity contribution in [1.82, 2.24) is 5.32 Å². The van der Waals surface area contributed by atoms with E-state index < -0.39 is 10.0 Å². The molecule has 5 nitrogen and oxygen atoms in total. The summed E-state index contributed by atoms with van der Waals surface area (Å²) in [5, 5.41) is 2.93. The second-order valence-corrected chi connectivity index (χ2v) is 10.2. The van der Waals surface area contributed by atoms with Crippen molar-refractivity contribution in [3.63, 3.8) is 0 Å². The zero-order valence-corrected chi connectivity index (χ0v) is 20.0. The van der Waals surface area contributed by atoms with E-state index in [0.29, 0.717) is 5.69 Å². The molecule has 0 aromatic heterocycles. The molecular weight excluding hydrogens is 420 g/mol. The highest BCUT2D eigenvalue weighted by molar-refractivity contribution is 7.92. The number of hydrogen-bond donors (Lipinski definition) is 1. The Morgan fingerprint density at radius 2 is 1.41 bits per heavy atom. The molecule has 0 aliphatic heterocycles. The van der Waals surface area contributed by atoms with E-state index >= 15 is 0 Å². The normalized spacial score (nSPS) is 12.3. The predicted octanol–water partition coefficient (Wildman–Crippen LogP) is 4.99. The molecule has 3 aromatic carbocycles. The minimum atomic E-state index is -3.93. The van der Waals surface area contributed by atoms with Crippen molar-refractivity contribution >= 4 is 21.6 Å². The van der Waals surface area contributed by atoms with Crippen LogP contribution in [0.25, 0.3) is 0 Å². The maximum Gasteiger partial charge on any atom is 0.264 e. The van der Waals surface area contributed by atoms with Gasteiger partial charge in [-0.3, -0.25) is 9.10 Å². The van der Waals surface area contributed by atoms with E-state index in [4.69, 9.17) is 0 Å². The standard InChI is InChI=1S/C26H30N2O3S/c1-18-6-11-23(12-7-18)22(5)27-26(29)17-28(24-13-10-20(3)21(4)16-24)32(30,31)25-14-8-19(2)9-15-25/h6-16,22H,17H2,1-5H3,(H,27,29). The van der Waals surface area contributed by atoms with Gasteiger partial charge >= 0.3 is 0 Å². The Hall–Kier alpha value is -3.12. The summed E-state index contributed by atoms with van der Waals surface area (Å²) in [5.41, 5.74) is 5.54. The molecule has 6 heteroatoms. The van der Waals surface area contributed by atoms with Crippen molar-refractivity contribution < 1.29 is 13.2 Å². The van der Waals surface area contributed by atoms with Crippen LogP contribution in [0.1, 0.15) is 40.8 Å². The highest BCUT2D eigenvalue weighted by atomic mass is 32.2. The van der Waals surface area contributed by atoms with Gasteiger partial charge in [0.2, 0.25) is 5.91 Å². The van der Waals surface area contributed by atoms with Gasteiger partial charge < -0.3 is 5.32 Å². The van der Waals surface area contributed by atoms with Crippen molar-refractivity contribution in [2.45, 2.75) is 45.6 Å². The van der Waals surface area contributed by atoms with E-state index in [9.17, 15) is 13.2 Å². The van der Waals surface area contributed by atoms with Crippen LogP contribution in [-0.2, 0) is 14.8 Å². The number of carbonyl (C=O) groups is 1. The summed E-state index contributed by atoms with van der Waals surface area (Å²) in [6.07, 6.45) is 0. The van der Waals surface area contributed by atoms with Gasteiger partial charge in [-0.1, -0.05) is 53.6 Å². The zero-order chi connectivity index (χ0) is 23.5. The van der Waals surface area contributed by atoms with Crippen LogP contribution in [-0.4, -0.2) is 20.9 Å². The van der Waals surface area contributed by atoms with Gasteiger partial charge in [-0.15, -0.1) is 0 Å². The Labute approximate surface area is 191 Å². The lowest BCUT2D eigenvalue weighted by Crippen LogP contribution is -2.41. The van der Waals surface area contributed by atoms with Gasteiger partial charge in [-0.25, -0.2) is 8.42 Å². The first kappa shape index (κ1) is 23.5. The van der Waals surface area contributed by atoms with Gasteiger partial charge in [-0.05, 0) is 75.6 Å². The number of aryl methyl sites for hydroxylation is 4. The fraction of sp³-hybridized carbons (Fsp3) is 0.269. The third kappa shape index (κ3) is 5.37. The van der Waals surface area contributed by atoms with Crippen LogP contribution in [0.4, 0.5) is 5.69 Å². The molecule has 32 heavy (non-hydrogen) atoms. The summed E-state index contributed by atoms with van der Waals surface area (Å²) in [7, 11) is -3.93. The second-order valence-electron chi connectivity index (χ2n) is 8.29. The Kier molecular flexibility index (Phi) is 7.04. The monoisotopic (exact) mass is 450 g/mol. The molecular formula is C26H30N2O3S. The van der Waals surface area contributed by atoms with Crippen LogP contribution >= 0.6 is 0 Å². The van der Waals surface area contributed by atoms with Crippen molar-refractivity contribution in [1.29, 1.82) is 0 Å². The minimum absolute atomic E-state index is 0.153. The first-order chi connectivity index (χ1) is 15.1. The van der Waals surface area contributed by atoms with Gasteiger partial charge in [0.15, 0.2) is 0 Å². The molecule has 168 valence electrons. The SMILES string of the molecule is Cc1ccc(C(C)NC(=O)CN(c2ccc(C)c(C)c2)S(=O)(=O)c2ccc(C)cc2)cc1. The van der Waals surface area contributed by atoms with Crippen molar-refractivity contribution in [3.05, 3.63) is 94.5 Å². The average molecular weight is 451 g/mol. The molecule has 0 aliphatic rings. The van der Waals surface area contributed by atoms with Crippen molar-refractivity contribution in [2.75, 3.05) is 10.8 Å². The van der Waals surface area contributed by atoms with Crippen LogP contribution in [0.15, 0.2) is 71.6 Å².